The molecule has 14 heavy (non-hydrogen) atoms. The zero-order valence-corrected chi connectivity index (χ0v) is 10.1. The maximum absolute atomic E-state index is 2.53. The quantitative estimate of drug-likeness (QED) is 0.542. The van der Waals surface area contributed by atoms with Crippen LogP contribution in [0.5, 0.6) is 0 Å². The summed E-state index contributed by atoms with van der Waals surface area (Å²) in [6.45, 7) is 10.1. The van der Waals surface area contributed by atoms with Crippen molar-refractivity contribution in [2.45, 2.75) is 53.4 Å². The van der Waals surface area contributed by atoms with Crippen LogP contribution in [0.3, 0.4) is 0 Å². The molecule has 0 aromatic carbocycles. The first-order valence-electron chi connectivity index (χ1n) is 6.46. The van der Waals surface area contributed by atoms with Crippen LogP contribution in [0.2, 0.25) is 0 Å². The number of rotatable bonds is 0. The molecule has 3 aliphatic carbocycles. The van der Waals surface area contributed by atoms with E-state index in [9.17, 15) is 0 Å². The normalized spacial score (nSPS) is 52.3. The SMILES string of the molecule is CC1(C)C2CC(C3CCCC32)C1(C)C. The summed E-state index contributed by atoms with van der Waals surface area (Å²) in [5, 5.41) is 0. The molecule has 4 atom stereocenters. The summed E-state index contributed by atoms with van der Waals surface area (Å²) in [5.41, 5.74) is 1.20. The van der Waals surface area contributed by atoms with Gasteiger partial charge in [-0.1, -0.05) is 34.1 Å². The van der Waals surface area contributed by atoms with Gasteiger partial charge in [0.2, 0.25) is 0 Å². The largest absolute Gasteiger partial charge is 0.0591 e. The Bertz CT molecular complexity index is 235. The van der Waals surface area contributed by atoms with Crippen LogP contribution in [0.15, 0.2) is 0 Å². The standard InChI is InChI=1S/C14H24/c1-13(2)11-8-12(14(13,3)4)10-7-5-6-9(10)11/h9-12H,5-8H2,1-4H3. The van der Waals surface area contributed by atoms with Crippen molar-refractivity contribution in [3.05, 3.63) is 0 Å². The minimum Gasteiger partial charge on any atom is -0.0591 e. The van der Waals surface area contributed by atoms with E-state index in [1.807, 2.05) is 0 Å². The van der Waals surface area contributed by atoms with Crippen LogP contribution in [0, 0.1) is 34.5 Å². The van der Waals surface area contributed by atoms with Gasteiger partial charge in [0.05, 0.1) is 0 Å². The molecule has 80 valence electrons. The molecule has 3 rings (SSSR count). The minimum atomic E-state index is 0.600. The molecule has 4 unspecified atom stereocenters. The van der Waals surface area contributed by atoms with E-state index in [1.54, 1.807) is 19.3 Å². The summed E-state index contributed by atoms with van der Waals surface area (Å²) < 4.78 is 0. The Morgan fingerprint density at radius 3 is 1.64 bits per heavy atom. The van der Waals surface area contributed by atoms with Crippen molar-refractivity contribution in [3.8, 4) is 0 Å². The van der Waals surface area contributed by atoms with E-state index >= 15 is 0 Å². The highest BCUT2D eigenvalue weighted by Crippen LogP contribution is 2.72. The predicted molar refractivity (Wildman–Crippen MR) is 60.0 cm³/mol. The van der Waals surface area contributed by atoms with E-state index in [1.165, 1.54) is 6.42 Å². The van der Waals surface area contributed by atoms with Crippen LogP contribution in [0.25, 0.3) is 0 Å². The maximum atomic E-state index is 2.53. The highest BCUT2D eigenvalue weighted by Gasteiger charge is 2.65. The molecule has 3 saturated carbocycles. The fraction of sp³-hybridized carbons (Fsp3) is 1.00. The van der Waals surface area contributed by atoms with Gasteiger partial charge >= 0.3 is 0 Å². The molecule has 3 fully saturated rings. The zero-order valence-electron chi connectivity index (χ0n) is 10.1. The van der Waals surface area contributed by atoms with Gasteiger partial charge in [0.1, 0.15) is 0 Å². The molecule has 0 aromatic heterocycles. The summed E-state index contributed by atoms with van der Waals surface area (Å²) in [6, 6.07) is 0. The molecule has 0 heterocycles. The second kappa shape index (κ2) is 2.39. The fourth-order valence-corrected chi connectivity index (χ4v) is 5.26. The van der Waals surface area contributed by atoms with E-state index in [4.69, 9.17) is 0 Å². The van der Waals surface area contributed by atoms with Crippen molar-refractivity contribution < 1.29 is 0 Å². The summed E-state index contributed by atoms with van der Waals surface area (Å²) >= 11 is 0. The third-order valence-corrected chi connectivity index (χ3v) is 6.68. The zero-order chi connectivity index (χ0) is 10.1. The lowest BCUT2D eigenvalue weighted by Crippen LogP contribution is -2.44. The van der Waals surface area contributed by atoms with Crippen LogP contribution < -0.4 is 0 Å². The maximum Gasteiger partial charge on any atom is -0.0269 e. The molecule has 2 bridgehead atoms. The van der Waals surface area contributed by atoms with E-state index in [0.29, 0.717) is 10.8 Å². The molecule has 0 aliphatic heterocycles. The van der Waals surface area contributed by atoms with Crippen LogP contribution in [0.4, 0.5) is 0 Å². The molecule has 3 aliphatic rings. The first kappa shape index (κ1) is 9.24. The number of hydrogen-bond acceptors (Lipinski definition) is 0. The third-order valence-electron chi connectivity index (χ3n) is 6.68. The summed E-state index contributed by atoms with van der Waals surface area (Å²) in [5.74, 6) is 4.33. The van der Waals surface area contributed by atoms with Gasteiger partial charge in [0.15, 0.2) is 0 Å². The number of hydrogen-bond donors (Lipinski definition) is 0. The van der Waals surface area contributed by atoms with Crippen LogP contribution in [-0.2, 0) is 0 Å². The Morgan fingerprint density at radius 1 is 0.786 bits per heavy atom. The number of fused-ring (bicyclic) bond motifs is 5. The summed E-state index contributed by atoms with van der Waals surface area (Å²) in [7, 11) is 0. The van der Waals surface area contributed by atoms with Crippen LogP contribution in [0.1, 0.15) is 53.4 Å². The minimum absolute atomic E-state index is 0.600. The molecule has 0 N–H and O–H groups in total. The average molecular weight is 192 g/mol. The van der Waals surface area contributed by atoms with Crippen LogP contribution >= 0.6 is 0 Å². The molecule has 0 saturated heterocycles. The molecule has 0 radical (unpaired) electrons. The molecule has 0 amide bonds. The Hall–Kier alpha value is 0. The van der Waals surface area contributed by atoms with Crippen LogP contribution in [-0.4, -0.2) is 0 Å². The first-order valence-corrected chi connectivity index (χ1v) is 6.46. The molecular formula is C14H24. The Morgan fingerprint density at radius 2 is 1.21 bits per heavy atom. The average Bonchev–Trinajstić information content (AvgIpc) is 2.62. The van der Waals surface area contributed by atoms with Gasteiger partial charge in [-0.15, -0.1) is 0 Å². The summed E-state index contributed by atoms with van der Waals surface area (Å²) in [6.07, 6.45) is 6.17. The Labute approximate surface area is 88.5 Å². The third kappa shape index (κ3) is 0.785. The van der Waals surface area contributed by atoms with Crippen molar-refractivity contribution in [1.29, 1.82) is 0 Å². The molecular weight excluding hydrogens is 168 g/mol. The van der Waals surface area contributed by atoms with Gasteiger partial charge in [-0.3, -0.25) is 0 Å². The summed E-state index contributed by atoms with van der Waals surface area (Å²) in [4.78, 5) is 0. The molecule has 0 spiro atoms. The van der Waals surface area contributed by atoms with E-state index in [2.05, 4.69) is 27.7 Å². The monoisotopic (exact) mass is 192 g/mol. The van der Waals surface area contributed by atoms with Gasteiger partial charge in [-0.05, 0) is 53.8 Å². The smallest absolute Gasteiger partial charge is 0.0269 e. The first-order chi connectivity index (χ1) is 6.46. The van der Waals surface area contributed by atoms with Crippen molar-refractivity contribution >= 4 is 0 Å². The van der Waals surface area contributed by atoms with E-state index in [-0.39, 0.29) is 0 Å². The Kier molecular flexibility index (Phi) is 1.58. The van der Waals surface area contributed by atoms with Gasteiger partial charge in [-0.2, -0.15) is 0 Å². The lowest BCUT2D eigenvalue weighted by Gasteiger charge is -2.50. The highest BCUT2D eigenvalue weighted by molar-refractivity contribution is 5.14. The lowest BCUT2D eigenvalue weighted by molar-refractivity contribution is -0.0201. The molecule has 0 aromatic rings. The lowest BCUT2D eigenvalue weighted by atomic mass is 9.55. The van der Waals surface area contributed by atoms with Gasteiger partial charge < -0.3 is 0 Å². The molecule has 0 nitrogen and oxygen atoms in total. The van der Waals surface area contributed by atoms with Crippen molar-refractivity contribution in [2.75, 3.05) is 0 Å². The van der Waals surface area contributed by atoms with Gasteiger partial charge in [0, 0.05) is 0 Å². The Balaban J connectivity index is 2.03. The van der Waals surface area contributed by atoms with E-state index < -0.39 is 0 Å². The van der Waals surface area contributed by atoms with Crippen molar-refractivity contribution in [3.63, 3.8) is 0 Å². The van der Waals surface area contributed by atoms with Gasteiger partial charge in [0.25, 0.3) is 0 Å². The van der Waals surface area contributed by atoms with E-state index in [0.717, 1.165) is 23.7 Å². The second-order valence-corrected chi connectivity index (χ2v) is 7.15. The predicted octanol–water partition coefficient (Wildman–Crippen LogP) is 4.10. The highest BCUT2D eigenvalue weighted by atomic mass is 14.7. The van der Waals surface area contributed by atoms with Crippen molar-refractivity contribution in [2.24, 2.45) is 34.5 Å². The second-order valence-electron chi connectivity index (χ2n) is 7.15. The topological polar surface area (TPSA) is 0 Å². The van der Waals surface area contributed by atoms with Crippen molar-refractivity contribution in [1.82, 2.24) is 0 Å². The molecule has 0 heteroatoms. The fourth-order valence-electron chi connectivity index (χ4n) is 5.26. The van der Waals surface area contributed by atoms with Gasteiger partial charge in [-0.25, -0.2) is 0 Å².